The average molecular weight is 420 g/mol. The predicted molar refractivity (Wildman–Crippen MR) is 113 cm³/mol. The molecule has 0 bridgehead atoms. The minimum atomic E-state index is -0.608. The Balaban J connectivity index is 1.62. The van der Waals surface area contributed by atoms with Crippen LogP contribution in [0.4, 0.5) is 8.78 Å². The van der Waals surface area contributed by atoms with Crippen molar-refractivity contribution in [2.24, 2.45) is 5.92 Å². The molecule has 0 N–H and O–H groups in total. The third-order valence-electron chi connectivity index (χ3n) is 6.05. The highest BCUT2D eigenvalue weighted by Gasteiger charge is 2.29. The molecule has 2 atom stereocenters. The zero-order valence-corrected chi connectivity index (χ0v) is 17.1. The standard InChI is InChI=1S/C24H22F2N4O/c1-15-7-5-6-10-21(15)30-22(16-8-3-2-4-9-16)19(14-27-30)24-28-23(29-31-24)18-13-17(25)11-12-20(18)26/h2-4,8-9,11-15,21H,5-7,10H2,1H3/t15-,21-/m0/s1. The van der Waals surface area contributed by atoms with Crippen molar-refractivity contribution in [1.82, 2.24) is 19.9 Å². The number of hydrogen-bond acceptors (Lipinski definition) is 4. The number of hydrogen-bond donors (Lipinski definition) is 0. The molecule has 1 saturated carbocycles. The molecule has 0 saturated heterocycles. The molecule has 1 aliphatic rings. The molecule has 31 heavy (non-hydrogen) atoms. The van der Waals surface area contributed by atoms with Crippen molar-refractivity contribution in [3.8, 4) is 34.1 Å². The van der Waals surface area contributed by atoms with E-state index in [0.29, 0.717) is 11.5 Å². The van der Waals surface area contributed by atoms with Gasteiger partial charge in [0.25, 0.3) is 5.89 Å². The van der Waals surface area contributed by atoms with Crippen LogP contribution in [0.5, 0.6) is 0 Å². The number of nitrogens with zero attached hydrogens (tertiary/aromatic N) is 4. The Bertz CT molecular complexity index is 1200. The minimum Gasteiger partial charge on any atom is -0.333 e. The van der Waals surface area contributed by atoms with E-state index in [9.17, 15) is 8.78 Å². The maximum Gasteiger partial charge on any atom is 0.262 e. The average Bonchev–Trinajstić information content (AvgIpc) is 3.44. The number of rotatable bonds is 4. The van der Waals surface area contributed by atoms with Crippen molar-refractivity contribution in [1.29, 1.82) is 0 Å². The lowest BCUT2D eigenvalue weighted by Crippen LogP contribution is -2.22. The van der Waals surface area contributed by atoms with Crippen LogP contribution in [0, 0.1) is 17.6 Å². The SMILES string of the molecule is C[C@H]1CCCC[C@@H]1n1ncc(-c2nc(-c3cc(F)ccc3F)no2)c1-c1ccccc1. The topological polar surface area (TPSA) is 56.7 Å². The van der Waals surface area contributed by atoms with Gasteiger partial charge in [-0.05, 0) is 37.0 Å². The number of aromatic nitrogens is 4. The molecule has 2 heterocycles. The summed E-state index contributed by atoms with van der Waals surface area (Å²) >= 11 is 0. The summed E-state index contributed by atoms with van der Waals surface area (Å²) in [5.41, 5.74) is 2.53. The van der Waals surface area contributed by atoms with E-state index in [1.165, 1.54) is 12.8 Å². The fourth-order valence-corrected chi connectivity index (χ4v) is 4.43. The lowest BCUT2D eigenvalue weighted by atomic mass is 9.85. The Morgan fingerprint density at radius 1 is 1.00 bits per heavy atom. The van der Waals surface area contributed by atoms with Crippen LogP contribution >= 0.6 is 0 Å². The van der Waals surface area contributed by atoms with Gasteiger partial charge >= 0.3 is 0 Å². The van der Waals surface area contributed by atoms with E-state index in [2.05, 4.69) is 21.7 Å². The van der Waals surface area contributed by atoms with Gasteiger partial charge in [-0.25, -0.2) is 8.78 Å². The molecule has 7 heteroatoms. The summed E-state index contributed by atoms with van der Waals surface area (Å²) in [7, 11) is 0. The molecule has 5 nitrogen and oxygen atoms in total. The highest BCUT2D eigenvalue weighted by Crippen LogP contribution is 2.40. The fourth-order valence-electron chi connectivity index (χ4n) is 4.43. The van der Waals surface area contributed by atoms with Crippen LogP contribution < -0.4 is 0 Å². The summed E-state index contributed by atoms with van der Waals surface area (Å²) in [4.78, 5) is 4.38. The molecule has 4 aromatic rings. The maximum atomic E-state index is 14.2. The second-order valence-electron chi connectivity index (χ2n) is 8.09. The largest absolute Gasteiger partial charge is 0.333 e. The first-order valence-corrected chi connectivity index (χ1v) is 10.5. The van der Waals surface area contributed by atoms with Gasteiger partial charge in [-0.2, -0.15) is 10.1 Å². The van der Waals surface area contributed by atoms with E-state index in [1.54, 1.807) is 6.20 Å². The van der Waals surface area contributed by atoms with E-state index in [4.69, 9.17) is 9.62 Å². The minimum absolute atomic E-state index is 0.00444. The van der Waals surface area contributed by atoms with E-state index < -0.39 is 11.6 Å². The molecule has 2 aromatic heterocycles. The lowest BCUT2D eigenvalue weighted by molar-refractivity contribution is 0.242. The summed E-state index contributed by atoms with van der Waals surface area (Å²) in [6.45, 7) is 2.26. The zero-order valence-electron chi connectivity index (χ0n) is 17.1. The van der Waals surface area contributed by atoms with Gasteiger partial charge in [0.05, 0.1) is 29.1 Å². The Labute approximate surface area is 178 Å². The Hall–Kier alpha value is -3.35. The smallest absolute Gasteiger partial charge is 0.262 e. The summed E-state index contributed by atoms with van der Waals surface area (Å²) in [5.74, 6) is -0.434. The molecule has 2 aromatic carbocycles. The Kier molecular flexibility index (Phi) is 5.10. The van der Waals surface area contributed by atoms with E-state index >= 15 is 0 Å². The number of halogens is 2. The van der Waals surface area contributed by atoms with Crippen LogP contribution in [0.3, 0.4) is 0 Å². The van der Waals surface area contributed by atoms with Gasteiger partial charge in [0.1, 0.15) is 11.6 Å². The Morgan fingerprint density at radius 3 is 2.61 bits per heavy atom. The van der Waals surface area contributed by atoms with Crippen molar-refractivity contribution in [2.75, 3.05) is 0 Å². The molecule has 0 spiro atoms. The molecule has 1 fully saturated rings. The van der Waals surface area contributed by atoms with E-state index in [-0.39, 0.29) is 23.3 Å². The third kappa shape index (κ3) is 3.65. The summed E-state index contributed by atoms with van der Waals surface area (Å²) in [6.07, 6.45) is 6.35. The monoisotopic (exact) mass is 420 g/mol. The third-order valence-corrected chi connectivity index (χ3v) is 6.05. The van der Waals surface area contributed by atoms with Crippen molar-refractivity contribution in [3.63, 3.8) is 0 Å². The fraction of sp³-hybridized carbons (Fsp3) is 0.292. The van der Waals surface area contributed by atoms with Crippen molar-refractivity contribution < 1.29 is 13.3 Å². The summed E-state index contributed by atoms with van der Waals surface area (Å²) in [5, 5.41) is 8.62. The first-order valence-electron chi connectivity index (χ1n) is 10.5. The molecule has 5 rings (SSSR count). The van der Waals surface area contributed by atoms with Gasteiger partial charge in [-0.1, -0.05) is 55.3 Å². The quantitative estimate of drug-likeness (QED) is 0.389. The molecule has 0 amide bonds. The first-order chi connectivity index (χ1) is 15.1. The summed E-state index contributed by atoms with van der Waals surface area (Å²) < 4.78 is 35.4. The van der Waals surface area contributed by atoms with Crippen molar-refractivity contribution in [3.05, 3.63) is 66.4 Å². The van der Waals surface area contributed by atoms with E-state index in [1.807, 2.05) is 30.3 Å². The van der Waals surface area contributed by atoms with Gasteiger partial charge < -0.3 is 4.52 Å². The molecule has 158 valence electrons. The van der Waals surface area contributed by atoms with Crippen LogP contribution in [0.1, 0.15) is 38.6 Å². The first kappa shape index (κ1) is 19.6. The van der Waals surface area contributed by atoms with Crippen LogP contribution in [-0.4, -0.2) is 19.9 Å². The second-order valence-corrected chi connectivity index (χ2v) is 8.09. The van der Waals surface area contributed by atoms with Crippen molar-refractivity contribution in [2.45, 2.75) is 38.6 Å². The second kappa shape index (κ2) is 8.06. The normalized spacial score (nSPS) is 18.9. The molecule has 1 aliphatic carbocycles. The van der Waals surface area contributed by atoms with Crippen LogP contribution in [-0.2, 0) is 0 Å². The van der Waals surface area contributed by atoms with Gasteiger partial charge in [-0.15, -0.1) is 0 Å². The van der Waals surface area contributed by atoms with Crippen LogP contribution in [0.25, 0.3) is 34.1 Å². The van der Waals surface area contributed by atoms with Crippen LogP contribution in [0.15, 0.2) is 59.3 Å². The Morgan fingerprint density at radius 2 is 1.81 bits per heavy atom. The van der Waals surface area contributed by atoms with Crippen LogP contribution in [0.2, 0.25) is 0 Å². The highest BCUT2D eigenvalue weighted by molar-refractivity contribution is 5.77. The molecular formula is C24H22F2N4O. The summed E-state index contributed by atoms with van der Waals surface area (Å²) in [6, 6.07) is 13.4. The van der Waals surface area contributed by atoms with E-state index in [0.717, 1.165) is 42.3 Å². The molecule has 0 aliphatic heterocycles. The molecular weight excluding hydrogens is 398 g/mol. The van der Waals surface area contributed by atoms with Gasteiger partial charge in [0, 0.05) is 5.56 Å². The molecule has 0 unspecified atom stereocenters. The van der Waals surface area contributed by atoms with Crippen molar-refractivity contribution >= 4 is 0 Å². The lowest BCUT2D eigenvalue weighted by Gasteiger charge is -2.30. The highest BCUT2D eigenvalue weighted by atomic mass is 19.1. The van der Waals surface area contributed by atoms with Gasteiger partial charge in [-0.3, -0.25) is 4.68 Å². The predicted octanol–water partition coefficient (Wildman–Crippen LogP) is 6.30. The number of benzene rings is 2. The van der Waals surface area contributed by atoms with Gasteiger partial charge in [0.2, 0.25) is 5.82 Å². The van der Waals surface area contributed by atoms with Gasteiger partial charge in [0.15, 0.2) is 0 Å². The molecule has 0 radical (unpaired) electrons. The zero-order chi connectivity index (χ0) is 21.4. The maximum absolute atomic E-state index is 14.2.